The monoisotopic (exact) mass is 329 g/mol. The fourth-order valence-electron chi connectivity index (χ4n) is 2.50. The molecule has 0 unspecified atom stereocenters. The summed E-state index contributed by atoms with van der Waals surface area (Å²) in [6.07, 6.45) is -4.76. The predicted molar refractivity (Wildman–Crippen MR) is 88.4 cm³/mol. The van der Waals surface area contributed by atoms with Crippen molar-refractivity contribution in [3.8, 4) is 28.0 Å². The second kappa shape index (κ2) is 6.28. The van der Waals surface area contributed by atoms with Crippen LogP contribution in [0.3, 0.4) is 0 Å². The Hall–Kier alpha value is -2.95. The molecule has 5 heteroatoms. The number of nitrogen functional groups attached to an aromatic ring is 1. The number of para-hydroxylation sites is 1. The molecule has 2 nitrogen and oxygen atoms in total. The van der Waals surface area contributed by atoms with E-state index in [1.165, 1.54) is 12.1 Å². The van der Waals surface area contributed by atoms with Crippen molar-refractivity contribution in [3.63, 3.8) is 0 Å². The number of ether oxygens (including phenoxy) is 1. The van der Waals surface area contributed by atoms with E-state index in [0.717, 1.165) is 5.56 Å². The standard InChI is InChI=1S/C19H14F3NO/c20-19(21,22)24-16-11-14(13-6-2-1-3-7-13)10-15(12-16)17-8-4-5-9-18(17)23/h1-12H,23H2. The highest BCUT2D eigenvalue weighted by Gasteiger charge is 2.31. The smallest absolute Gasteiger partial charge is 0.406 e. The first kappa shape index (κ1) is 15.9. The van der Waals surface area contributed by atoms with E-state index in [2.05, 4.69) is 4.74 Å². The Morgan fingerprint density at radius 2 is 1.33 bits per heavy atom. The van der Waals surface area contributed by atoms with Gasteiger partial charge in [-0.15, -0.1) is 13.2 Å². The minimum absolute atomic E-state index is 0.276. The molecule has 2 N–H and O–H groups in total. The lowest BCUT2D eigenvalue weighted by Crippen LogP contribution is -2.17. The van der Waals surface area contributed by atoms with E-state index in [1.807, 2.05) is 30.3 Å². The quantitative estimate of drug-likeness (QED) is 0.644. The summed E-state index contributed by atoms with van der Waals surface area (Å²) >= 11 is 0. The molecule has 3 rings (SSSR count). The van der Waals surface area contributed by atoms with Gasteiger partial charge in [0.15, 0.2) is 0 Å². The third-order valence-corrected chi connectivity index (χ3v) is 3.52. The molecule has 0 fully saturated rings. The Labute approximate surface area is 137 Å². The van der Waals surface area contributed by atoms with Crippen LogP contribution in [0.5, 0.6) is 5.75 Å². The summed E-state index contributed by atoms with van der Waals surface area (Å²) in [6.45, 7) is 0. The number of hydrogen-bond donors (Lipinski definition) is 1. The van der Waals surface area contributed by atoms with Crippen LogP contribution in [0.2, 0.25) is 0 Å². The Balaban J connectivity index is 2.15. The molecule has 24 heavy (non-hydrogen) atoms. The van der Waals surface area contributed by atoms with Gasteiger partial charge in [-0.2, -0.15) is 0 Å². The van der Waals surface area contributed by atoms with E-state index in [9.17, 15) is 13.2 Å². The molecule has 0 saturated carbocycles. The molecule has 0 bridgehead atoms. The van der Waals surface area contributed by atoms with Gasteiger partial charge in [0.2, 0.25) is 0 Å². The lowest BCUT2D eigenvalue weighted by molar-refractivity contribution is -0.274. The van der Waals surface area contributed by atoms with Crippen molar-refractivity contribution in [2.75, 3.05) is 5.73 Å². The third-order valence-electron chi connectivity index (χ3n) is 3.52. The number of halogens is 3. The van der Waals surface area contributed by atoms with Crippen LogP contribution in [0.4, 0.5) is 18.9 Å². The minimum Gasteiger partial charge on any atom is -0.406 e. The van der Waals surface area contributed by atoms with E-state index < -0.39 is 6.36 Å². The highest BCUT2D eigenvalue weighted by atomic mass is 19.4. The highest BCUT2D eigenvalue weighted by Crippen LogP contribution is 2.35. The molecule has 3 aromatic rings. The van der Waals surface area contributed by atoms with Crippen molar-refractivity contribution in [1.82, 2.24) is 0 Å². The van der Waals surface area contributed by atoms with Gasteiger partial charge < -0.3 is 10.5 Å². The van der Waals surface area contributed by atoms with Crippen molar-refractivity contribution in [2.24, 2.45) is 0 Å². The van der Waals surface area contributed by atoms with Gasteiger partial charge in [0.1, 0.15) is 5.75 Å². The SMILES string of the molecule is Nc1ccccc1-c1cc(OC(F)(F)F)cc(-c2ccccc2)c1. The average Bonchev–Trinajstić information content (AvgIpc) is 2.54. The fourth-order valence-corrected chi connectivity index (χ4v) is 2.50. The maximum Gasteiger partial charge on any atom is 0.573 e. The molecule has 0 atom stereocenters. The van der Waals surface area contributed by atoms with E-state index in [1.54, 1.807) is 30.3 Å². The van der Waals surface area contributed by atoms with E-state index in [-0.39, 0.29) is 5.75 Å². The fraction of sp³-hybridized carbons (Fsp3) is 0.0526. The predicted octanol–water partition coefficient (Wildman–Crippen LogP) is 5.50. The Bertz CT molecular complexity index is 845. The van der Waals surface area contributed by atoms with Crippen LogP contribution in [0.25, 0.3) is 22.3 Å². The first-order chi connectivity index (χ1) is 11.4. The van der Waals surface area contributed by atoms with Gasteiger partial charge in [0, 0.05) is 11.3 Å². The number of rotatable bonds is 3. The summed E-state index contributed by atoms with van der Waals surface area (Å²) in [5.41, 5.74) is 9.07. The first-order valence-corrected chi connectivity index (χ1v) is 7.23. The number of alkyl halides is 3. The van der Waals surface area contributed by atoms with Crippen LogP contribution in [-0.4, -0.2) is 6.36 Å². The van der Waals surface area contributed by atoms with Crippen molar-refractivity contribution in [3.05, 3.63) is 72.8 Å². The summed E-state index contributed by atoms with van der Waals surface area (Å²) in [7, 11) is 0. The van der Waals surface area contributed by atoms with Crippen LogP contribution in [0, 0.1) is 0 Å². The summed E-state index contributed by atoms with van der Waals surface area (Å²) in [4.78, 5) is 0. The third kappa shape index (κ3) is 3.68. The molecule has 0 heterocycles. The van der Waals surface area contributed by atoms with Gasteiger partial charge in [-0.1, -0.05) is 48.5 Å². The summed E-state index contributed by atoms with van der Waals surface area (Å²) in [6, 6.07) is 20.7. The Kier molecular flexibility index (Phi) is 4.16. The lowest BCUT2D eigenvalue weighted by atomic mass is 9.97. The Morgan fingerprint density at radius 3 is 2.00 bits per heavy atom. The van der Waals surface area contributed by atoms with Gasteiger partial charge in [0.25, 0.3) is 0 Å². The van der Waals surface area contributed by atoms with Crippen LogP contribution in [0.15, 0.2) is 72.8 Å². The molecule has 0 aliphatic heterocycles. The number of nitrogens with two attached hydrogens (primary N) is 1. The van der Waals surface area contributed by atoms with E-state index in [0.29, 0.717) is 22.4 Å². The van der Waals surface area contributed by atoms with Crippen LogP contribution >= 0.6 is 0 Å². The second-order valence-corrected chi connectivity index (χ2v) is 5.25. The molecule has 122 valence electrons. The van der Waals surface area contributed by atoms with Crippen LogP contribution < -0.4 is 10.5 Å². The molecule has 0 saturated heterocycles. The number of anilines is 1. The average molecular weight is 329 g/mol. The zero-order valence-corrected chi connectivity index (χ0v) is 12.5. The normalized spacial score (nSPS) is 11.3. The van der Waals surface area contributed by atoms with Gasteiger partial charge in [-0.3, -0.25) is 0 Å². The zero-order chi connectivity index (χ0) is 17.2. The Morgan fingerprint density at radius 1 is 0.708 bits per heavy atom. The highest BCUT2D eigenvalue weighted by molar-refractivity contribution is 5.81. The largest absolute Gasteiger partial charge is 0.573 e. The van der Waals surface area contributed by atoms with Gasteiger partial charge in [-0.25, -0.2) is 0 Å². The van der Waals surface area contributed by atoms with Crippen molar-refractivity contribution >= 4 is 5.69 Å². The maximum absolute atomic E-state index is 12.6. The van der Waals surface area contributed by atoms with Gasteiger partial charge >= 0.3 is 6.36 Å². The van der Waals surface area contributed by atoms with E-state index in [4.69, 9.17) is 5.73 Å². The summed E-state index contributed by atoms with van der Waals surface area (Å²) < 4.78 is 42.1. The van der Waals surface area contributed by atoms with E-state index >= 15 is 0 Å². The maximum atomic E-state index is 12.6. The minimum atomic E-state index is -4.76. The topological polar surface area (TPSA) is 35.2 Å². The molecule has 0 aliphatic rings. The second-order valence-electron chi connectivity index (χ2n) is 5.25. The number of benzene rings is 3. The summed E-state index contributed by atoms with van der Waals surface area (Å²) in [5, 5.41) is 0. The first-order valence-electron chi connectivity index (χ1n) is 7.23. The molecular weight excluding hydrogens is 315 g/mol. The molecule has 3 aromatic carbocycles. The molecule has 0 amide bonds. The lowest BCUT2D eigenvalue weighted by Gasteiger charge is -2.14. The van der Waals surface area contributed by atoms with Crippen LogP contribution in [0.1, 0.15) is 0 Å². The van der Waals surface area contributed by atoms with Gasteiger partial charge in [-0.05, 0) is 41.0 Å². The van der Waals surface area contributed by atoms with Crippen molar-refractivity contribution in [2.45, 2.75) is 6.36 Å². The zero-order valence-electron chi connectivity index (χ0n) is 12.5. The summed E-state index contributed by atoms with van der Waals surface area (Å²) in [5.74, 6) is -0.276. The number of hydrogen-bond acceptors (Lipinski definition) is 2. The molecule has 0 radical (unpaired) electrons. The molecule has 0 aromatic heterocycles. The van der Waals surface area contributed by atoms with Crippen molar-refractivity contribution in [1.29, 1.82) is 0 Å². The van der Waals surface area contributed by atoms with Gasteiger partial charge in [0.05, 0.1) is 0 Å². The van der Waals surface area contributed by atoms with Crippen LogP contribution in [-0.2, 0) is 0 Å². The van der Waals surface area contributed by atoms with Crippen molar-refractivity contribution < 1.29 is 17.9 Å². The molecule has 0 spiro atoms. The molecule has 0 aliphatic carbocycles. The molecular formula is C19H14F3NO.